The van der Waals surface area contributed by atoms with Crippen molar-refractivity contribution in [2.75, 3.05) is 19.8 Å². The fourth-order valence-electron chi connectivity index (χ4n) is 1.87. The van der Waals surface area contributed by atoms with E-state index in [9.17, 15) is 9.59 Å². The molecule has 1 aromatic heterocycles. The minimum atomic E-state index is -1.13. The Hall–Kier alpha value is -2.16. The normalized spacial score (nSPS) is 21.6. The lowest BCUT2D eigenvalue weighted by molar-refractivity contribution is 0.0690. The monoisotopic (exact) mass is 283 g/mol. The summed E-state index contributed by atoms with van der Waals surface area (Å²) in [6.45, 7) is 3.75. The molecule has 1 aromatic rings. The SMILES string of the molecule is CC1(NC(=O)NCCn2cc(C(=O)O)nn2)CCOC1. The number of nitrogens with one attached hydrogen (secondary N) is 2. The summed E-state index contributed by atoms with van der Waals surface area (Å²) in [5.74, 6) is -1.13. The van der Waals surface area contributed by atoms with Crippen molar-refractivity contribution in [1.29, 1.82) is 0 Å². The van der Waals surface area contributed by atoms with Crippen LogP contribution in [0.5, 0.6) is 0 Å². The van der Waals surface area contributed by atoms with Crippen LogP contribution in [0.4, 0.5) is 4.79 Å². The van der Waals surface area contributed by atoms with E-state index in [0.29, 0.717) is 26.3 Å². The van der Waals surface area contributed by atoms with Crippen LogP contribution in [0.1, 0.15) is 23.8 Å². The molecular weight excluding hydrogens is 266 g/mol. The van der Waals surface area contributed by atoms with Gasteiger partial charge in [-0.2, -0.15) is 0 Å². The molecule has 2 heterocycles. The van der Waals surface area contributed by atoms with Crippen molar-refractivity contribution in [2.24, 2.45) is 0 Å². The topological polar surface area (TPSA) is 118 Å². The van der Waals surface area contributed by atoms with Crippen molar-refractivity contribution in [3.63, 3.8) is 0 Å². The molecule has 0 saturated carbocycles. The van der Waals surface area contributed by atoms with Crippen LogP contribution < -0.4 is 10.6 Å². The van der Waals surface area contributed by atoms with Gasteiger partial charge in [-0.25, -0.2) is 14.3 Å². The van der Waals surface area contributed by atoms with Crippen molar-refractivity contribution in [2.45, 2.75) is 25.4 Å². The highest BCUT2D eigenvalue weighted by Gasteiger charge is 2.31. The average Bonchev–Trinajstić information content (AvgIpc) is 2.98. The number of hydrogen-bond donors (Lipinski definition) is 3. The van der Waals surface area contributed by atoms with Crippen LogP contribution in [0.15, 0.2) is 6.20 Å². The molecule has 0 aromatic carbocycles. The maximum atomic E-state index is 11.7. The van der Waals surface area contributed by atoms with Gasteiger partial charge in [0.05, 0.1) is 24.9 Å². The van der Waals surface area contributed by atoms with E-state index in [1.54, 1.807) is 0 Å². The van der Waals surface area contributed by atoms with Gasteiger partial charge in [-0.1, -0.05) is 5.21 Å². The number of aromatic carboxylic acids is 1. The zero-order valence-corrected chi connectivity index (χ0v) is 11.1. The highest BCUT2D eigenvalue weighted by atomic mass is 16.5. The number of carbonyl (C=O) groups is 2. The first-order chi connectivity index (χ1) is 9.48. The third kappa shape index (κ3) is 3.67. The van der Waals surface area contributed by atoms with E-state index >= 15 is 0 Å². The molecule has 0 aliphatic carbocycles. The largest absolute Gasteiger partial charge is 0.476 e. The fourth-order valence-corrected chi connectivity index (χ4v) is 1.87. The molecule has 2 amide bonds. The molecule has 1 aliphatic rings. The quantitative estimate of drug-likeness (QED) is 0.667. The Bertz CT molecular complexity index is 495. The van der Waals surface area contributed by atoms with Crippen LogP contribution in [0.2, 0.25) is 0 Å². The van der Waals surface area contributed by atoms with Gasteiger partial charge in [-0.15, -0.1) is 5.10 Å². The molecule has 0 spiro atoms. The van der Waals surface area contributed by atoms with Gasteiger partial charge >= 0.3 is 12.0 Å². The molecule has 1 saturated heterocycles. The summed E-state index contributed by atoms with van der Waals surface area (Å²) in [6, 6.07) is -0.281. The highest BCUT2D eigenvalue weighted by molar-refractivity contribution is 5.84. The number of rotatable bonds is 5. The summed E-state index contributed by atoms with van der Waals surface area (Å²) in [6.07, 6.45) is 2.10. The van der Waals surface area contributed by atoms with Crippen LogP contribution in [0.25, 0.3) is 0 Å². The van der Waals surface area contributed by atoms with Gasteiger partial charge in [0.2, 0.25) is 0 Å². The second-order valence-corrected chi connectivity index (χ2v) is 4.92. The predicted octanol–water partition coefficient (Wildman–Crippen LogP) is -0.546. The number of carbonyl (C=O) groups excluding carboxylic acids is 1. The van der Waals surface area contributed by atoms with Gasteiger partial charge in [0, 0.05) is 13.2 Å². The summed E-state index contributed by atoms with van der Waals surface area (Å²) in [5, 5.41) is 21.3. The van der Waals surface area contributed by atoms with E-state index in [0.717, 1.165) is 6.42 Å². The minimum absolute atomic E-state index is 0.120. The summed E-state index contributed by atoms with van der Waals surface area (Å²) in [7, 11) is 0. The molecule has 2 rings (SSSR count). The summed E-state index contributed by atoms with van der Waals surface area (Å²) in [4.78, 5) is 22.3. The molecule has 0 bridgehead atoms. The van der Waals surface area contributed by atoms with Crippen LogP contribution in [-0.2, 0) is 11.3 Å². The zero-order valence-electron chi connectivity index (χ0n) is 11.1. The first-order valence-corrected chi connectivity index (χ1v) is 6.26. The van der Waals surface area contributed by atoms with Crippen LogP contribution in [-0.4, -0.2) is 57.4 Å². The molecule has 1 fully saturated rings. The first-order valence-electron chi connectivity index (χ1n) is 6.26. The zero-order chi connectivity index (χ0) is 14.6. The fraction of sp³-hybridized carbons (Fsp3) is 0.636. The number of aromatic nitrogens is 3. The summed E-state index contributed by atoms with van der Waals surface area (Å²) < 4.78 is 6.60. The molecule has 20 heavy (non-hydrogen) atoms. The number of amides is 2. The van der Waals surface area contributed by atoms with Crippen molar-refractivity contribution < 1.29 is 19.4 Å². The van der Waals surface area contributed by atoms with Gasteiger partial charge in [0.15, 0.2) is 5.69 Å². The van der Waals surface area contributed by atoms with Gasteiger partial charge in [0.25, 0.3) is 0 Å². The Morgan fingerprint density at radius 2 is 2.40 bits per heavy atom. The summed E-state index contributed by atoms with van der Waals surface area (Å²) in [5.41, 5.74) is -0.446. The van der Waals surface area contributed by atoms with Gasteiger partial charge in [-0.3, -0.25) is 0 Å². The first kappa shape index (κ1) is 14.3. The maximum absolute atomic E-state index is 11.7. The number of urea groups is 1. The molecule has 1 aliphatic heterocycles. The number of ether oxygens (including phenoxy) is 1. The molecule has 9 nitrogen and oxygen atoms in total. The van der Waals surface area contributed by atoms with Gasteiger partial charge < -0.3 is 20.5 Å². The molecule has 9 heteroatoms. The Morgan fingerprint density at radius 1 is 1.60 bits per heavy atom. The average molecular weight is 283 g/mol. The summed E-state index contributed by atoms with van der Waals surface area (Å²) >= 11 is 0. The van der Waals surface area contributed by atoms with Crippen LogP contribution in [0, 0.1) is 0 Å². The van der Waals surface area contributed by atoms with E-state index < -0.39 is 5.97 Å². The van der Waals surface area contributed by atoms with E-state index in [4.69, 9.17) is 9.84 Å². The predicted molar refractivity (Wildman–Crippen MR) is 67.4 cm³/mol. The lowest BCUT2D eigenvalue weighted by atomic mass is 10.0. The maximum Gasteiger partial charge on any atom is 0.358 e. The Morgan fingerprint density at radius 3 is 3.00 bits per heavy atom. The molecule has 1 atom stereocenters. The van der Waals surface area contributed by atoms with Crippen molar-refractivity contribution in [3.05, 3.63) is 11.9 Å². The van der Waals surface area contributed by atoms with Crippen LogP contribution in [0.3, 0.4) is 0 Å². The van der Waals surface area contributed by atoms with Crippen molar-refractivity contribution in [3.8, 4) is 0 Å². The number of nitrogens with zero attached hydrogens (tertiary/aromatic N) is 3. The van der Waals surface area contributed by atoms with Gasteiger partial charge in [-0.05, 0) is 13.3 Å². The van der Waals surface area contributed by atoms with Gasteiger partial charge in [0.1, 0.15) is 0 Å². The standard InChI is InChI=1S/C11H17N5O4/c1-11(2-5-20-7-11)13-10(19)12-3-4-16-6-8(9(17)18)14-15-16/h6H,2-5,7H2,1H3,(H,17,18)(H2,12,13,19). The Kier molecular flexibility index (Phi) is 4.18. The van der Waals surface area contributed by atoms with E-state index in [-0.39, 0.29) is 17.3 Å². The molecule has 1 unspecified atom stereocenters. The van der Waals surface area contributed by atoms with Crippen molar-refractivity contribution >= 4 is 12.0 Å². The third-order valence-electron chi connectivity index (χ3n) is 3.02. The lowest BCUT2D eigenvalue weighted by Gasteiger charge is -2.23. The molecule has 110 valence electrons. The smallest absolute Gasteiger partial charge is 0.358 e. The van der Waals surface area contributed by atoms with E-state index in [2.05, 4.69) is 20.9 Å². The van der Waals surface area contributed by atoms with Crippen molar-refractivity contribution in [1.82, 2.24) is 25.6 Å². The molecular formula is C11H17N5O4. The Balaban J connectivity index is 1.72. The number of carboxylic acid groups (broad SMARTS) is 1. The highest BCUT2D eigenvalue weighted by Crippen LogP contribution is 2.16. The second kappa shape index (κ2) is 5.87. The molecule has 3 N–H and O–H groups in total. The van der Waals surface area contributed by atoms with E-state index in [1.165, 1.54) is 10.9 Å². The number of carboxylic acids is 1. The Labute approximate surface area is 115 Å². The lowest BCUT2D eigenvalue weighted by Crippen LogP contribution is -2.51. The number of hydrogen-bond acceptors (Lipinski definition) is 5. The van der Waals surface area contributed by atoms with E-state index in [1.807, 2.05) is 6.92 Å². The minimum Gasteiger partial charge on any atom is -0.476 e. The third-order valence-corrected chi connectivity index (χ3v) is 3.02. The second-order valence-electron chi connectivity index (χ2n) is 4.92. The molecule has 0 radical (unpaired) electrons. The van der Waals surface area contributed by atoms with Crippen LogP contribution >= 0.6 is 0 Å².